The SMILES string of the molecule is CCCn1ccn(CCOCC(C)C)c1=O. The van der Waals surface area contributed by atoms with Gasteiger partial charge in [0.15, 0.2) is 0 Å². The van der Waals surface area contributed by atoms with Crippen molar-refractivity contribution in [3.63, 3.8) is 0 Å². The Hall–Kier alpha value is -1.03. The predicted octanol–water partition coefficient (Wildman–Crippen LogP) is 1.73. The van der Waals surface area contributed by atoms with Crippen LogP contribution in [0.2, 0.25) is 0 Å². The molecule has 0 fully saturated rings. The summed E-state index contributed by atoms with van der Waals surface area (Å²) in [6.45, 7) is 9.09. The molecular formula is C12H22N2O2. The Morgan fingerprint density at radius 1 is 1.25 bits per heavy atom. The molecule has 0 radical (unpaired) electrons. The summed E-state index contributed by atoms with van der Waals surface area (Å²) < 4.78 is 8.90. The smallest absolute Gasteiger partial charge is 0.328 e. The molecule has 0 aliphatic heterocycles. The van der Waals surface area contributed by atoms with Crippen LogP contribution in [0.5, 0.6) is 0 Å². The summed E-state index contributed by atoms with van der Waals surface area (Å²) in [5.41, 5.74) is 0.0648. The Kier molecular flexibility index (Phi) is 5.32. The van der Waals surface area contributed by atoms with Crippen LogP contribution in [0.3, 0.4) is 0 Å². The highest BCUT2D eigenvalue weighted by Gasteiger charge is 2.02. The first-order valence-corrected chi connectivity index (χ1v) is 5.98. The van der Waals surface area contributed by atoms with Crippen molar-refractivity contribution in [2.45, 2.75) is 40.3 Å². The van der Waals surface area contributed by atoms with E-state index in [0.717, 1.165) is 19.6 Å². The molecule has 1 aromatic rings. The van der Waals surface area contributed by atoms with Crippen molar-refractivity contribution in [2.24, 2.45) is 5.92 Å². The fraction of sp³-hybridized carbons (Fsp3) is 0.750. The lowest BCUT2D eigenvalue weighted by molar-refractivity contribution is 0.102. The van der Waals surface area contributed by atoms with Gasteiger partial charge in [-0.05, 0) is 12.3 Å². The van der Waals surface area contributed by atoms with E-state index in [1.165, 1.54) is 0 Å². The van der Waals surface area contributed by atoms with Gasteiger partial charge in [-0.1, -0.05) is 20.8 Å². The van der Waals surface area contributed by atoms with E-state index in [9.17, 15) is 4.79 Å². The average Bonchev–Trinajstić information content (AvgIpc) is 2.57. The Morgan fingerprint density at radius 2 is 1.88 bits per heavy atom. The molecule has 16 heavy (non-hydrogen) atoms. The maximum Gasteiger partial charge on any atom is 0.328 e. The van der Waals surface area contributed by atoms with Crippen LogP contribution in [-0.4, -0.2) is 22.3 Å². The molecule has 0 aromatic carbocycles. The zero-order chi connectivity index (χ0) is 12.0. The lowest BCUT2D eigenvalue weighted by atomic mass is 10.2. The second kappa shape index (κ2) is 6.53. The second-order valence-corrected chi connectivity index (χ2v) is 4.44. The van der Waals surface area contributed by atoms with E-state index < -0.39 is 0 Å². The molecule has 4 heteroatoms. The van der Waals surface area contributed by atoms with E-state index in [1.807, 2.05) is 12.4 Å². The number of aryl methyl sites for hydroxylation is 1. The molecule has 1 aromatic heterocycles. The van der Waals surface area contributed by atoms with E-state index >= 15 is 0 Å². The molecule has 0 spiro atoms. The molecule has 0 unspecified atom stereocenters. The van der Waals surface area contributed by atoms with Crippen LogP contribution in [0.25, 0.3) is 0 Å². The van der Waals surface area contributed by atoms with Gasteiger partial charge in [-0.15, -0.1) is 0 Å². The summed E-state index contributed by atoms with van der Waals surface area (Å²) in [5.74, 6) is 0.543. The number of rotatable bonds is 7. The zero-order valence-corrected chi connectivity index (χ0v) is 10.5. The monoisotopic (exact) mass is 226 g/mol. The Morgan fingerprint density at radius 3 is 2.44 bits per heavy atom. The highest BCUT2D eigenvalue weighted by Crippen LogP contribution is 1.93. The van der Waals surface area contributed by atoms with Crippen LogP contribution < -0.4 is 5.69 Å². The number of hydrogen-bond donors (Lipinski definition) is 0. The third-order valence-corrected chi connectivity index (χ3v) is 2.31. The molecule has 4 nitrogen and oxygen atoms in total. The van der Waals surface area contributed by atoms with Gasteiger partial charge in [-0.3, -0.25) is 9.13 Å². The number of imidazole rings is 1. The second-order valence-electron chi connectivity index (χ2n) is 4.44. The van der Waals surface area contributed by atoms with Gasteiger partial charge in [0.25, 0.3) is 0 Å². The predicted molar refractivity (Wildman–Crippen MR) is 64.6 cm³/mol. The standard InChI is InChI=1S/C12H22N2O2/c1-4-5-13-6-7-14(12(13)15)8-9-16-10-11(2)3/h6-7,11H,4-5,8-10H2,1-3H3. The first-order valence-electron chi connectivity index (χ1n) is 5.98. The molecule has 0 aliphatic carbocycles. The van der Waals surface area contributed by atoms with E-state index in [-0.39, 0.29) is 5.69 Å². The molecule has 1 heterocycles. The number of aromatic nitrogens is 2. The first-order chi connectivity index (χ1) is 7.65. The van der Waals surface area contributed by atoms with Crippen LogP contribution in [0.4, 0.5) is 0 Å². The Bertz CT molecular complexity index is 352. The van der Waals surface area contributed by atoms with E-state index in [4.69, 9.17) is 4.74 Å². The van der Waals surface area contributed by atoms with Gasteiger partial charge in [0.2, 0.25) is 0 Å². The van der Waals surface area contributed by atoms with Gasteiger partial charge >= 0.3 is 5.69 Å². The van der Waals surface area contributed by atoms with E-state index in [2.05, 4.69) is 20.8 Å². The fourth-order valence-corrected chi connectivity index (χ4v) is 1.52. The quantitative estimate of drug-likeness (QED) is 0.664. The van der Waals surface area contributed by atoms with Crippen LogP contribution in [0, 0.1) is 5.92 Å². The lowest BCUT2D eigenvalue weighted by Gasteiger charge is -2.06. The van der Waals surface area contributed by atoms with Crippen molar-refractivity contribution in [2.75, 3.05) is 13.2 Å². The van der Waals surface area contributed by atoms with Crippen molar-refractivity contribution >= 4 is 0 Å². The van der Waals surface area contributed by atoms with E-state index in [1.54, 1.807) is 9.13 Å². The minimum Gasteiger partial charge on any atom is -0.379 e. The summed E-state index contributed by atoms with van der Waals surface area (Å²) in [5, 5.41) is 0. The summed E-state index contributed by atoms with van der Waals surface area (Å²) in [6.07, 6.45) is 4.65. The van der Waals surface area contributed by atoms with Gasteiger partial charge in [-0.25, -0.2) is 4.79 Å². The normalized spacial score (nSPS) is 11.2. The fourth-order valence-electron chi connectivity index (χ4n) is 1.52. The van der Waals surface area contributed by atoms with Crippen molar-refractivity contribution in [1.82, 2.24) is 9.13 Å². The van der Waals surface area contributed by atoms with Gasteiger partial charge < -0.3 is 4.74 Å². The van der Waals surface area contributed by atoms with Crippen LogP contribution in [0.1, 0.15) is 27.2 Å². The number of hydrogen-bond acceptors (Lipinski definition) is 2. The number of nitrogens with zero attached hydrogens (tertiary/aromatic N) is 2. The number of ether oxygens (including phenoxy) is 1. The topological polar surface area (TPSA) is 36.2 Å². The molecule has 0 N–H and O–H groups in total. The highest BCUT2D eigenvalue weighted by molar-refractivity contribution is 4.81. The molecule has 0 saturated carbocycles. The van der Waals surface area contributed by atoms with Gasteiger partial charge in [0.05, 0.1) is 13.2 Å². The third kappa shape index (κ3) is 3.85. The molecule has 0 amide bonds. The molecule has 1 rings (SSSR count). The van der Waals surface area contributed by atoms with Crippen molar-refractivity contribution in [3.8, 4) is 0 Å². The van der Waals surface area contributed by atoms with Crippen molar-refractivity contribution in [3.05, 3.63) is 22.9 Å². The third-order valence-electron chi connectivity index (χ3n) is 2.31. The maximum atomic E-state index is 11.8. The van der Waals surface area contributed by atoms with Gasteiger partial charge in [-0.2, -0.15) is 0 Å². The van der Waals surface area contributed by atoms with Crippen molar-refractivity contribution < 1.29 is 4.74 Å². The maximum absolute atomic E-state index is 11.8. The van der Waals surface area contributed by atoms with E-state index in [0.29, 0.717) is 19.1 Å². The summed E-state index contributed by atoms with van der Waals surface area (Å²) in [4.78, 5) is 11.8. The molecule has 0 bridgehead atoms. The minimum absolute atomic E-state index is 0.0648. The molecular weight excluding hydrogens is 204 g/mol. The highest BCUT2D eigenvalue weighted by atomic mass is 16.5. The largest absolute Gasteiger partial charge is 0.379 e. The molecule has 0 atom stereocenters. The molecule has 92 valence electrons. The lowest BCUT2D eigenvalue weighted by Crippen LogP contribution is -2.25. The van der Waals surface area contributed by atoms with Crippen LogP contribution in [-0.2, 0) is 17.8 Å². The minimum atomic E-state index is 0.0648. The Labute approximate surface area is 96.8 Å². The first kappa shape index (κ1) is 13.0. The average molecular weight is 226 g/mol. The Balaban J connectivity index is 2.40. The molecule has 0 saturated heterocycles. The van der Waals surface area contributed by atoms with Crippen molar-refractivity contribution in [1.29, 1.82) is 0 Å². The zero-order valence-electron chi connectivity index (χ0n) is 10.5. The summed E-state index contributed by atoms with van der Waals surface area (Å²) in [6, 6.07) is 0. The summed E-state index contributed by atoms with van der Waals surface area (Å²) >= 11 is 0. The van der Waals surface area contributed by atoms with Crippen LogP contribution >= 0.6 is 0 Å². The van der Waals surface area contributed by atoms with Gasteiger partial charge in [0.1, 0.15) is 0 Å². The summed E-state index contributed by atoms with van der Waals surface area (Å²) in [7, 11) is 0. The molecule has 0 aliphatic rings. The van der Waals surface area contributed by atoms with Crippen LogP contribution in [0.15, 0.2) is 17.2 Å². The van der Waals surface area contributed by atoms with Gasteiger partial charge in [0, 0.05) is 25.5 Å².